The van der Waals surface area contributed by atoms with Crippen molar-refractivity contribution in [2.75, 3.05) is 32.8 Å². The summed E-state index contributed by atoms with van der Waals surface area (Å²) in [5.41, 5.74) is 1.73. The Hall–Kier alpha value is -3.39. The molecule has 1 aliphatic heterocycles. The van der Waals surface area contributed by atoms with Gasteiger partial charge in [-0.15, -0.1) is 0 Å². The highest BCUT2D eigenvalue weighted by Gasteiger charge is 2.28. The van der Waals surface area contributed by atoms with E-state index in [1.807, 2.05) is 60.7 Å². The summed E-state index contributed by atoms with van der Waals surface area (Å²) >= 11 is 0. The standard InChI is InChI=1S/C24H29N3O5/c28-17-21(25-22(29)16-19-8-3-1-4-9-19)23(30)26-12-7-13-27(15-14-26)24(31)32-18-20-10-5-2-6-11-20/h1-6,8-11,21,28H,7,12-18H2,(H,25,29). The zero-order valence-corrected chi connectivity index (χ0v) is 18.0. The van der Waals surface area contributed by atoms with Gasteiger partial charge < -0.3 is 25.0 Å². The Balaban J connectivity index is 1.48. The highest BCUT2D eigenvalue weighted by molar-refractivity contribution is 5.88. The van der Waals surface area contributed by atoms with Crippen LogP contribution in [0.2, 0.25) is 0 Å². The molecule has 32 heavy (non-hydrogen) atoms. The summed E-state index contributed by atoms with van der Waals surface area (Å²) in [5.74, 6) is -0.682. The number of nitrogens with one attached hydrogen (secondary N) is 1. The van der Waals surface area contributed by atoms with Crippen LogP contribution in [-0.2, 0) is 27.4 Å². The first-order chi connectivity index (χ1) is 15.6. The third-order valence-electron chi connectivity index (χ3n) is 5.29. The number of amides is 3. The summed E-state index contributed by atoms with van der Waals surface area (Å²) in [6, 6.07) is 17.6. The molecule has 0 saturated carbocycles. The molecule has 1 atom stereocenters. The summed E-state index contributed by atoms with van der Waals surface area (Å²) in [4.78, 5) is 40.8. The first kappa shape index (κ1) is 23.3. The van der Waals surface area contributed by atoms with E-state index in [4.69, 9.17) is 4.74 Å². The van der Waals surface area contributed by atoms with E-state index in [2.05, 4.69) is 5.32 Å². The first-order valence-electron chi connectivity index (χ1n) is 10.8. The third-order valence-corrected chi connectivity index (χ3v) is 5.29. The molecular formula is C24H29N3O5. The van der Waals surface area contributed by atoms with Crippen molar-refractivity contribution in [3.8, 4) is 0 Å². The number of carbonyl (C=O) groups excluding carboxylic acids is 3. The molecule has 3 amide bonds. The normalized spacial score (nSPS) is 14.9. The largest absolute Gasteiger partial charge is 0.445 e. The van der Waals surface area contributed by atoms with Gasteiger partial charge >= 0.3 is 6.09 Å². The molecule has 2 aromatic carbocycles. The predicted octanol–water partition coefficient (Wildman–Crippen LogP) is 1.58. The van der Waals surface area contributed by atoms with Gasteiger partial charge in [0.1, 0.15) is 12.6 Å². The van der Waals surface area contributed by atoms with Crippen LogP contribution in [0.3, 0.4) is 0 Å². The van der Waals surface area contributed by atoms with Crippen molar-refractivity contribution < 1.29 is 24.2 Å². The fourth-order valence-electron chi connectivity index (χ4n) is 3.56. The summed E-state index contributed by atoms with van der Waals surface area (Å²) in [6.07, 6.45) is 0.298. The number of aliphatic hydroxyl groups is 1. The van der Waals surface area contributed by atoms with E-state index in [0.717, 1.165) is 11.1 Å². The van der Waals surface area contributed by atoms with E-state index in [1.165, 1.54) is 0 Å². The van der Waals surface area contributed by atoms with Gasteiger partial charge in [-0.2, -0.15) is 0 Å². The number of hydrogen-bond donors (Lipinski definition) is 2. The molecule has 0 bridgehead atoms. The molecule has 170 valence electrons. The van der Waals surface area contributed by atoms with E-state index in [-0.39, 0.29) is 24.8 Å². The monoisotopic (exact) mass is 439 g/mol. The maximum atomic E-state index is 12.9. The van der Waals surface area contributed by atoms with E-state index < -0.39 is 18.7 Å². The van der Waals surface area contributed by atoms with Gasteiger partial charge in [0.05, 0.1) is 13.0 Å². The van der Waals surface area contributed by atoms with Crippen molar-refractivity contribution >= 4 is 17.9 Å². The van der Waals surface area contributed by atoms with Crippen molar-refractivity contribution in [3.05, 3.63) is 71.8 Å². The third kappa shape index (κ3) is 6.81. The number of rotatable bonds is 7. The molecule has 2 aromatic rings. The molecule has 0 radical (unpaired) electrons. The maximum absolute atomic E-state index is 12.9. The van der Waals surface area contributed by atoms with Gasteiger partial charge in [-0.05, 0) is 17.5 Å². The molecule has 8 heteroatoms. The highest BCUT2D eigenvalue weighted by atomic mass is 16.6. The zero-order chi connectivity index (χ0) is 22.8. The quantitative estimate of drug-likeness (QED) is 0.683. The Labute approximate surface area is 187 Å². The predicted molar refractivity (Wildman–Crippen MR) is 119 cm³/mol. The molecule has 1 saturated heterocycles. The molecule has 1 unspecified atom stereocenters. The second-order valence-electron chi connectivity index (χ2n) is 7.67. The van der Waals surface area contributed by atoms with Crippen LogP contribution in [0.1, 0.15) is 17.5 Å². The van der Waals surface area contributed by atoms with Crippen molar-refractivity contribution in [1.29, 1.82) is 0 Å². The van der Waals surface area contributed by atoms with Gasteiger partial charge in [-0.3, -0.25) is 9.59 Å². The number of hydrogen-bond acceptors (Lipinski definition) is 5. The number of ether oxygens (including phenoxy) is 1. The SMILES string of the molecule is O=C(Cc1ccccc1)NC(CO)C(=O)N1CCCN(C(=O)OCc2ccccc2)CC1. The van der Waals surface area contributed by atoms with Crippen LogP contribution in [0, 0.1) is 0 Å². The highest BCUT2D eigenvalue weighted by Crippen LogP contribution is 2.09. The van der Waals surface area contributed by atoms with Crippen LogP contribution >= 0.6 is 0 Å². The molecule has 3 rings (SSSR count). The second kappa shape index (κ2) is 11.9. The Kier molecular flexibility index (Phi) is 8.62. The zero-order valence-electron chi connectivity index (χ0n) is 18.0. The van der Waals surface area contributed by atoms with Gasteiger partial charge in [-0.25, -0.2) is 4.79 Å². The summed E-state index contributed by atoms with van der Waals surface area (Å²) in [5, 5.41) is 12.3. The summed E-state index contributed by atoms with van der Waals surface area (Å²) in [6.45, 7) is 1.26. The molecule has 1 aliphatic rings. The van der Waals surface area contributed by atoms with Crippen LogP contribution in [0.4, 0.5) is 4.79 Å². The van der Waals surface area contributed by atoms with Crippen LogP contribution < -0.4 is 5.32 Å². The van der Waals surface area contributed by atoms with Crippen molar-refractivity contribution in [2.45, 2.75) is 25.5 Å². The Morgan fingerprint density at radius 2 is 1.47 bits per heavy atom. The minimum absolute atomic E-state index is 0.131. The lowest BCUT2D eigenvalue weighted by Gasteiger charge is -2.26. The Morgan fingerprint density at radius 1 is 0.875 bits per heavy atom. The number of aliphatic hydroxyl groups excluding tert-OH is 1. The minimum atomic E-state index is -1.01. The topological polar surface area (TPSA) is 99.2 Å². The van der Waals surface area contributed by atoms with Crippen LogP contribution in [0.5, 0.6) is 0 Å². The maximum Gasteiger partial charge on any atom is 0.410 e. The van der Waals surface area contributed by atoms with E-state index in [1.54, 1.807) is 9.80 Å². The molecular weight excluding hydrogens is 410 g/mol. The van der Waals surface area contributed by atoms with Crippen LogP contribution in [0.25, 0.3) is 0 Å². The smallest absolute Gasteiger partial charge is 0.410 e. The lowest BCUT2D eigenvalue weighted by atomic mass is 10.1. The van der Waals surface area contributed by atoms with E-state index in [0.29, 0.717) is 32.6 Å². The summed E-state index contributed by atoms with van der Waals surface area (Å²) < 4.78 is 5.38. The molecule has 0 aliphatic carbocycles. The van der Waals surface area contributed by atoms with Gasteiger partial charge in [0.25, 0.3) is 0 Å². The lowest BCUT2D eigenvalue weighted by Crippen LogP contribution is -2.51. The minimum Gasteiger partial charge on any atom is -0.445 e. The lowest BCUT2D eigenvalue weighted by molar-refractivity contribution is -0.137. The average Bonchev–Trinajstić information content (AvgIpc) is 3.08. The van der Waals surface area contributed by atoms with E-state index in [9.17, 15) is 19.5 Å². The van der Waals surface area contributed by atoms with Gasteiger partial charge in [0.15, 0.2) is 0 Å². The van der Waals surface area contributed by atoms with Gasteiger partial charge in [0.2, 0.25) is 11.8 Å². The fraction of sp³-hybridized carbons (Fsp3) is 0.375. The molecule has 8 nitrogen and oxygen atoms in total. The second-order valence-corrected chi connectivity index (χ2v) is 7.67. The van der Waals surface area contributed by atoms with Gasteiger partial charge in [0, 0.05) is 26.2 Å². The van der Waals surface area contributed by atoms with Crippen molar-refractivity contribution in [2.24, 2.45) is 0 Å². The Bertz CT molecular complexity index is 891. The number of carbonyl (C=O) groups is 3. The number of benzene rings is 2. The van der Waals surface area contributed by atoms with Crippen LogP contribution in [0.15, 0.2) is 60.7 Å². The molecule has 0 aromatic heterocycles. The number of nitrogens with zero attached hydrogens (tertiary/aromatic N) is 2. The van der Waals surface area contributed by atoms with Crippen molar-refractivity contribution in [1.82, 2.24) is 15.1 Å². The summed E-state index contributed by atoms with van der Waals surface area (Å²) in [7, 11) is 0. The van der Waals surface area contributed by atoms with E-state index >= 15 is 0 Å². The van der Waals surface area contributed by atoms with Crippen molar-refractivity contribution in [3.63, 3.8) is 0 Å². The molecule has 1 heterocycles. The first-order valence-corrected chi connectivity index (χ1v) is 10.8. The van der Waals surface area contributed by atoms with Crippen LogP contribution in [-0.4, -0.2) is 71.6 Å². The molecule has 2 N–H and O–H groups in total. The molecule has 1 fully saturated rings. The molecule has 0 spiro atoms. The fourth-order valence-corrected chi connectivity index (χ4v) is 3.56. The van der Waals surface area contributed by atoms with Gasteiger partial charge in [-0.1, -0.05) is 60.7 Å². The Morgan fingerprint density at radius 3 is 2.12 bits per heavy atom. The average molecular weight is 440 g/mol.